The van der Waals surface area contributed by atoms with Gasteiger partial charge in [0.15, 0.2) is 0 Å². The Balaban J connectivity index is 2.45. The van der Waals surface area contributed by atoms with Gasteiger partial charge in [0.2, 0.25) is 0 Å². The summed E-state index contributed by atoms with van der Waals surface area (Å²) in [7, 11) is 1.75. The first-order valence-electron chi connectivity index (χ1n) is 6.64. The minimum Gasteiger partial charge on any atom is -0.384 e. The molecule has 0 saturated carbocycles. The Bertz CT molecular complexity index is 236. The Morgan fingerprint density at radius 1 is 1.41 bits per heavy atom. The van der Waals surface area contributed by atoms with Crippen LogP contribution in [0.5, 0.6) is 0 Å². The number of hydrogen-bond donors (Lipinski definition) is 0. The second-order valence-corrected chi connectivity index (χ2v) is 5.05. The van der Waals surface area contributed by atoms with Crippen molar-refractivity contribution in [1.82, 2.24) is 9.80 Å². The summed E-state index contributed by atoms with van der Waals surface area (Å²) in [4.78, 5) is 16.2. The van der Waals surface area contributed by atoms with Crippen LogP contribution in [0.3, 0.4) is 0 Å². The van der Waals surface area contributed by atoms with Gasteiger partial charge in [-0.05, 0) is 39.5 Å². The fourth-order valence-corrected chi connectivity index (χ4v) is 2.43. The Hall–Kier alpha value is -0.770. The van der Waals surface area contributed by atoms with Gasteiger partial charge in [-0.3, -0.25) is 0 Å². The minimum absolute atomic E-state index is 0.193. The van der Waals surface area contributed by atoms with Crippen molar-refractivity contribution in [2.24, 2.45) is 5.92 Å². The van der Waals surface area contributed by atoms with E-state index < -0.39 is 0 Å². The summed E-state index contributed by atoms with van der Waals surface area (Å²) < 4.78 is 5.17. The van der Waals surface area contributed by atoms with E-state index in [9.17, 15) is 4.79 Å². The number of hydrogen-bond acceptors (Lipinski definition) is 2. The standard InChI is InChI=1S/C13H26N2O2/c1-5-15(11(2)3)13(16)14-8-6-12(7-9-14)10-17-4/h11-12H,5-10H2,1-4H3. The van der Waals surface area contributed by atoms with E-state index in [0.717, 1.165) is 39.1 Å². The van der Waals surface area contributed by atoms with E-state index in [-0.39, 0.29) is 12.1 Å². The molecule has 0 spiro atoms. The minimum atomic E-state index is 0.193. The van der Waals surface area contributed by atoms with E-state index in [2.05, 4.69) is 13.8 Å². The molecule has 0 aliphatic carbocycles. The molecule has 0 radical (unpaired) electrons. The molecule has 0 atom stereocenters. The van der Waals surface area contributed by atoms with Crippen LogP contribution < -0.4 is 0 Å². The number of likely N-dealkylation sites (tertiary alicyclic amines) is 1. The van der Waals surface area contributed by atoms with Crippen molar-refractivity contribution >= 4 is 6.03 Å². The van der Waals surface area contributed by atoms with E-state index in [0.29, 0.717) is 5.92 Å². The molecule has 17 heavy (non-hydrogen) atoms. The normalized spacial score (nSPS) is 17.6. The lowest BCUT2D eigenvalue weighted by Gasteiger charge is -2.36. The van der Waals surface area contributed by atoms with Crippen molar-refractivity contribution < 1.29 is 9.53 Å². The van der Waals surface area contributed by atoms with Gasteiger partial charge in [-0.25, -0.2) is 4.79 Å². The Morgan fingerprint density at radius 2 is 2.00 bits per heavy atom. The summed E-state index contributed by atoms with van der Waals surface area (Å²) in [5, 5.41) is 0. The lowest BCUT2D eigenvalue weighted by atomic mass is 9.98. The van der Waals surface area contributed by atoms with Crippen LogP contribution >= 0.6 is 0 Å². The molecule has 0 bridgehead atoms. The number of piperidine rings is 1. The maximum absolute atomic E-state index is 12.3. The van der Waals surface area contributed by atoms with Crippen molar-refractivity contribution in [3.8, 4) is 0 Å². The number of urea groups is 1. The highest BCUT2D eigenvalue weighted by atomic mass is 16.5. The van der Waals surface area contributed by atoms with E-state index in [4.69, 9.17) is 4.74 Å². The Kier molecular flexibility index (Phi) is 5.75. The van der Waals surface area contributed by atoms with E-state index in [1.807, 2.05) is 16.7 Å². The zero-order chi connectivity index (χ0) is 12.8. The zero-order valence-electron chi connectivity index (χ0n) is 11.6. The smallest absolute Gasteiger partial charge is 0.320 e. The van der Waals surface area contributed by atoms with E-state index >= 15 is 0 Å². The molecular formula is C13H26N2O2. The molecule has 0 N–H and O–H groups in total. The third-order valence-electron chi connectivity index (χ3n) is 3.50. The molecule has 4 heteroatoms. The lowest BCUT2D eigenvalue weighted by Crippen LogP contribution is -2.49. The largest absolute Gasteiger partial charge is 0.384 e. The molecule has 1 rings (SSSR count). The highest BCUT2D eigenvalue weighted by Gasteiger charge is 2.26. The molecule has 0 aromatic carbocycles. The molecule has 1 aliphatic heterocycles. The average molecular weight is 242 g/mol. The first-order valence-corrected chi connectivity index (χ1v) is 6.64. The molecule has 0 aromatic heterocycles. The summed E-state index contributed by atoms with van der Waals surface area (Å²) in [6, 6.07) is 0.475. The number of carbonyl (C=O) groups excluding carboxylic acids is 1. The predicted molar refractivity (Wildman–Crippen MR) is 69.1 cm³/mol. The van der Waals surface area contributed by atoms with Gasteiger partial charge in [-0.15, -0.1) is 0 Å². The van der Waals surface area contributed by atoms with Crippen molar-refractivity contribution in [2.75, 3.05) is 33.4 Å². The molecule has 1 heterocycles. The summed E-state index contributed by atoms with van der Waals surface area (Å²) in [6.45, 7) is 9.53. The fraction of sp³-hybridized carbons (Fsp3) is 0.923. The number of ether oxygens (including phenoxy) is 1. The molecule has 2 amide bonds. The van der Waals surface area contributed by atoms with Gasteiger partial charge in [0.1, 0.15) is 0 Å². The average Bonchev–Trinajstić information content (AvgIpc) is 2.30. The molecule has 0 aromatic rings. The number of rotatable bonds is 4. The van der Waals surface area contributed by atoms with E-state index in [1.54, 1.807) is 7.11 Å². The second-order valence-electron chi connectivity index (χ2n) is 5.05. The molecule has 1 fully saturated rings. The molecule has 1 aliphatic rings. The lowest BCUT2D eigenvalue weighted by molar-refractivity contribution is 0.0915. The number of carbonyl (C=O) groups is 1. The van der Waals surface area contributed by atoms with Gasteiger partial charge in [0.05, 0.1) is 0 Å². The zero-order valence-corrected chi connectivity index (χ0v) is 11.6. The van der Waals surface area contributed by atoms with Crippen molar-refractivity contribution in [2.45, 2.75) is 39.7 Å². The topological polar surface area (TPSA) is 32.8 Å². The van der Waals surface area contributed by atoms with Gasteiger partial charge >= 0.3 is 6.03 Å². The quantitative estimate of drug-likeness (QED) is 0.757. The maximum Gasteiger partial charge on any atom is 0.320 e. The number of amides is 2. The van der Waals surface area contributed by atoms with Gasteiger partial charge in [0.25, 0.3) is 0 Å². The van der Waals surface area contributed by atoms with Crippen LogP contribution in [0.2, 0.25) is 0 Å². The first kappa shape index (κ1) is 14.3. The first-order chi connectivity index (χ1) is 8.10. The van der Waals surface area contributed by atoms with Gasteiger partial charge < -0.3 is 14.5 Å². The van der Waals surface area contributed by atoms with Crippen LogP contribution in [0.4, 0.5) is 4.79 Å². The fourth-order valence-electron chi connectivity index (χ4n) is 2.43. The Labute approximate surface area is 105 Å². The second kappa shape index (κ2) is 6.84. The third kappa shape index (κ3) is 3.87. The monoisotopic (exact) mass is 242 g/mol. The van der Waals surface area contributed by atoms with Gasteiger partial charge in [-0.2, -0.15) is 0 Å². The highest BCUT2D eigenvalue weighted by Crippen LogP contribution is 2.19. The summed E-state index contributed by atoms with van der Waals surface area (Å²) >= 11 is 0. The molecule has 4 nitrogen and oxygen atoms in total. The molecule has 100 valence electrons. The predicted octanol–water partition coefficient (Wildman–Crippen LogP) is 2.20. The van der Waals surface area contributed by atoms with Crippen molar-refractivity contribution in [1.29, 1.82) is 0 Å². The number of methoxy groups -OCH3 is 1. The SMILES string of the molecule is CCN(C(=O)N1CCC(COC)CC1)C(C)C. The maximum atomic E-state index is 12.3. The van der Waals surface area contributed by atoms with Crippen molar-refractivity contribution in [3.05, 3.63) is 0 Å². The highest BCUT2D eigenvalue weighted by molar-refractivity contribution is 5.74. The van der Waals surface area contributed by atoms with Crippen LogP contribution in [-0.2, 0) is 4.74 Å². The summed E-state index contributed by atoms with van der Waals surface area (Å²) in [5.41, 5.74) is 0. The van der Waals surface area contributed by atoms with Crippen LogP contribution in [0.25, 0.3) is 0 Å². The van der Waals surface area contributed by atoms with Crippen LogP contribution in [0.15, 0.2) is 0 Å². The molecule has 0 unspecified atom stereocenters. The number of nitrogens with zero attached hydrogens (tertiary/aromatic N) is 2. The van der Waals surface area contributed by atoms with E-state index in [1.165, 1.54) is 0 Å². The summed E-state index contributed by atoms with van der Waals surface area (Å²) in [6.07, 6.45) is 2.13. The summed E-state index contributed by atoms with van der Waals surface area (Å²) in [5.74, 6) is 0.623. The third-order valence-corrected chi connectivity index (χ3v) is 3.50. The Morgan fingerprint density at radius 3 is 2.41 bits per heavy atom. The van der Waals surface area contributed by atoms with Gasteiger partial charge in [-0.1, -0.05) is 0 Å². The van der Waals surface area contributed by atoms with Crippen LogP contribution in [-0.4, -0.2) is 55.2 Å². The van der Waals surface area contributed by atoms with Crippen LogP contribution in [0, 0.1) is 5.92 Å². The molecule has 1 saturated heterocycles. The van der Waals surface area contributed by atoms with Gasteiger partial charge in [0, 0.05) is 39.4 Å². The van der Waals surface area contributed by atoms with Crippen LogP contribution in [0.1, 0.15) is 33.6 Å². The van der Waals surface area contributed by atoms with Crippen molar-refractivity contribution in [3.63, 3.8) is 0 Å². The molecular weight excluding hydrogens is 216 g/mol.